The molecular weight excluding hydrogens is 406 g/mol. The first-order valence-corrected chi connectivity index (χ1v) is 12.1. The number of ether oxygens (including phenoxy) is 1. The maximum absolute atomic E-state index is 12.7. The number of nitrogens with one attached hydrogen (secondary N) is 1. The number of benzene rings is 1. The number of morpholine rings is 1. The Kier molecular flexibility index (Phi) is 6.40. The largest absolute Gasteiger partial charge is 0.379 e. The van der Waals surface area contributed by atoms with Gasteiger partial charge >= 0.3 is 0 Å². The summed E-state index contributed by atoms with van der Waals surface area (Å²) in [6.07, 6.45) is 4.67. The zero-order valence-corrected chi connectivity index (χ0v) is 17.9. The Hall–Kier alpha value is -1.97. The van der Waals surface area contributed by atoms with E-state index >= 15 is 0 Å². The number of carbonyl (C=O) groups is 2. The number of likely N-dealkylation sites (tertiary alicyclic amines) is 1. The van der Waals surface area contributed by atoms with Gasteiger partial charge in [-0.2, -0.15) is 4.31 Å². The minimum atomic E-state index is -3.52. The maximum Gasteiger partial charge on any atom is 0.243 e. The van der Waals surface area contributed by atoms with Crippen molar-refractivity contribution in [2.24, 2.45) is 5.92 Å². The van der Waals surface area contributed by atoms with Gasteiger partial charge in [-0.1, -0.05) is 25.0 Å². The number of nitrogens with zero attached hydrogens (tertiary/aromatic N) is 2. The quantitative estimate of drug-likeness (QED) is 0.722. The summed E-state index contributed by atoms with van der Waals surface area (Å²) in [7, 11) is -3.52. The number of hydrogen-bond acceptors (Lipinski definition) is 5. The zero-order valence-electron chi connectivity index (χ0n) is 17.1. The Balaban J connectivity index is 1.31. The van der Waals surface area contributed by atoms with Crippen LogP contribution < -0.4 is 5.32 Å². The Labute approximate surface area is 177 Å². The average Bonchev–Trinajstić information content (AvgIpc) is 3.42. The van der Waals surface area contributed by atoms with Crippen LogP contribution >= 0.6 is 0 Å². The van der Waals surface area contributed by atoms with Crippen molar-refractivity contribution in [2.75, 3.05) is 32.8 Å². The number of carbonyl (C=O) groups excluding carboxylic acids is 2. The van der Waals surface area contributed by atoms with Crippen molar-refractivity contribution in [2.45, 2.75) is 49.6 Å². The molecule has 0 spiro atoms. The third-order valence-corrected chi connectivity index (χ3v) is 8.21. The van der Waals surface area contributed by atoms with Crippen molar-refractivity contribution in [1.29, 1.82) is 0 Å². The fourth-order valence-corrected chi connectivity index (χ4v) is 5.93. The number of sulfonamides is 1. The van der Waals surface area contributed by atoms with E-state index in [2.05, 4.69) is 5.32 Å². The molecule has 0 aromatic heterocycles. The molecule has 8 nitrogen and oxygen atoms in total. The summed E-state index contributed by atoms with van der Waals surface area (Å²) in [6.45, 7) is 2.35. The van der Waals surface area contributed by atoms with Crippen LogP contribution in [0.3, 0.4) is 0 Å². The molecule has 1 aliphatic carbocycles. The van der Waals surface area contributed by atoms with E-state index in [-0.39, 0.29) is 29.0 Å². The van der Waals surface area contributed by atoms with Crippen molar-refractivity contribution < 1.29 is 22.7 Å². The molecule has 1 atom stereocenters. The highest BCUT2D eigenvalue weighted by Crippen LogP contribution is 2.29. The molecule has 30 heavy (non-hydrogen) atoms. The van der Waals surface area contributed by atoms with Crippen molar-refractivity contribution in [1.82, 2.24) is 14.5 Å². The Morgan fingerprint density at radius 3 is 2.43 bits per heavy atom. The molecule has 1 saturated carbocycles. The second kappa shape index (κ2) is 9.03. The lowest BCUT2D eigenvalue weighted by Gasteiger charge is -2.26. The molecule has 4 rings (SSSR count). The highest BCUT2D eigenvalue weighted by Gasteiger charge is 2.38. The SMILES string of the molecule is O=C(NCc1ccc(S(=O)(=O)N2CCOCC2)cc1)[C@H]1CC(=O)N(C2CCCC2)C1. The summed E-state index contributed by atoms with van der Waals surface area (Å²) >= 11 is 0. The topological polar surface area (TPSA) is 96.0 Å². The van der Waals surface area contributed by atoms with Gasteiger partial charge in [-0.3, -0.25) is 9.59 Å². The van der Waals surface area contributed by atoms with Crippen LogP contribution in [-0.2, 0) is 30.9 Å². The summed E-state index contributed by atoms with van der Waals surface area (Å²) in [4.78, 5) is 27.0. The average molecular weight is 436 g/mol. The predicted octanol–water partition coefficient (Wildman–Crippen LogP) is 1.11. The van der Waals surface area contributed by atoms with Gasteiger partial charge in [-0.05, 0) is 30.5 Å². The van der Waals surface area contributed by atoms with Gasteiger partial charge < -0.3 is 15.0 Å². The van der Waals surface area contributed by atoms with Gasteiger partial charge in [0.1, 0.15) is 0 Å². The molecule has 1 N–H and O–H groups in total. The summed E-state index contributed by atoms with van der Waals surface area (Å²) in [5.41, 5.74) is 0.821. The van der Waals surface area contributed by atoms with Gasteiger partial charge in [0.15, 0.2) is 0 Å². The van der Waals surface area contributed by atoms with Crippen LogP contribution in [0.2, 0.25) is 0 Å². The molecule has 0 radical (unpaired) electrons. The summed E-state index contributed by atoms with van der Waals surface area (Å²) < 4.78 is 32.0. The molecule has 1 aromatic carbocycles. The molecule has 2 aliphatic heterocycles. The van der Waals surface area contributed by atoms with Gasteiger partial charge in [0.05, 0.1) is 24.0 Å². The van der Waals surface area contributed by atoms with Gasteiger partial charge in [0, 0.05) is 38.6 Å². The van der Waals surface area contributed by atoms with Crippen LogP contribution in [0.4, 0.5) is 0 Å². The lowest BCUT2D eigenvalue weighted by Crippen LogP contribution is -2.40. The minimum Gasteiger partial charge on any atom is -0.379 e. The molecule has 2 saturated heterocycles. The molecule has 9 heteroatoms. The Morgan fingerprint density at radius 2 is 1.77 bits per heavy atom. The zero-order chi connectivity index (χ0) is 21.1. The van der Waals surface area contributed by atoms with Crippen LogP contribution in [-0.4, -0.2) is 68.3 Å². The normalized spacial score (nSPS) is 23.8. The van der Waals surface area contributed by atoms with Crippen LogP contribution in [0.15, 0.2) is 29.2 Å². The molecule has 164 valence electrons. The van der Waals surface area contributed by atoms with Gasteiger partial charge in [0.2, 0.25) is 21.8 Å². The smallest absolute Gasteiger partial charge is 0.243 e. The third kappa shape index (κ3) is 4.53. The van der Waals surface area contributed by atoms with E-state index in [1.807, 2.05) is 4.90 Å². The molecule has 2 amide bonds. The third-order valence-electron chi connectivity index (χ3n) is 6.29. The van der Waals surface area contributed by atoms with Gasteiger partial charge in [0.25, 0.3) is 0 Å². The molecule has 0 unspecified atom stereocenters. The number of rotatable bonds is 6. The standard InChI is InChI=1S/C21H29N3O5S/c25-20-13-17(15-24(20)18-3-1-2-4-18)21(26)22-14-16-5-7-19(8-6-16)30(27,28)23-9-11-29-12-10-23/h5-8,17-18H,1-4,9-15H2,(H,22,26)/t17-/m0/s1. The predicted molar refractivity (Wildman–Crippen MR) is 110 cm³/mol. The minimum absolute atomic E-state index is 0.0831. The van der Waals surface area contributed by atoms with E-state index in [0.717, 1.165) is 31.2 Å². The van der Waals surface area contributed by atoms with Crippen LogP contribution in [0.25, 0.3) is 0 Å². The van der Waals surface area contributed by atoms with Crippen LogP contribution in [0.1, 0.15) is 37.7 Å². The summed E-state index contributed by atoms with van der Waals surface area (Å²) in [5, 5.41) is 2.90. The van der Waals surface area contributed by atoms with Crippen LogP contribution in [0.5, 0.6) is 0 Å². The molecule has 3 fully saturated rings. The highest BCUT2D eigenvalue weighted by atomic mass is 32.2. The second-order valence-electron chi connectivity index (χ2n) is 8.26. The van der Waals surface area contributed by atoms with E-state index in [4.69, 9.17) is 4.74 Å². The van der Waals surface area contributed by atoms with Gasteiger partial charge in [-0.15, -0.1) is 0 Å². The fraction of sp³-hybridized carbons (Fsp3) is 0.619. The number of amides is 2. The van der Waals surface area contributed by atoms with E-state index in [9.17, 15) is 18.0 Å². The lowest BCUT2D eigenvalue weighted by atomic mass is 10.1. The Bertz CT molecular complexity index is 874. The van der Waals surface area contributed by atoms with E-state index in [1.165, 1.54) is 4.31 Å². The van der Waals surface area contributed by atoms with Gasteiger partial charge in [-0.25, -0.2) is 8.42 Å². The second-order valence-corrected chi connectivity index (χ2v) is 10.2. The van der Waals surface area contributed by atoms with Crippen molar-refractivity contribution >= 4 is 21.8 Å². The van der Waals surface area contributed by atoms with E-state index in [1.54, 1.807) is 24.3 Å². The van der Waals surface area contributed by atoms with E-state index < -0.39 is 10.0 Å². The van der Waals surface area contributed by atoms with Crippen molar-refractivity contribution in [3.63, 3.8) is 0 Å². The summed E-state index contributed by atoms with van der Waals surface area (Å²) in [6, 6.07) is 6.90. The first-order valence-electron chi connectivity index (χ1n) is 10.7. The molecule has 1 aromatic rings. The molecule has 3 aliphatic rings. The number of hydrogen-bond donors (Lipinski definition) is 1. The molecular formula is C21H29N3O5S. The molecule has 0 bridgehead atoms. The lowest BCUT2D eigenvalue weighted by molar-refractivity contribution is -0.130. The van der Waals surface area contributed by atoms with Crippen LogP contribution in [0, 0.1) is 5.92 Å². The Morgan fingerprint density at radius 1 is 1.10 bits per heavy atom. The maximum atomic E-state index is 12.7. The summed E-state index contributed by atoms with van der Waals surface area (Å²) in [5.74, 6) is -0.340. The highest BCUT2D eigenvalue weighted by molar-refractivity contribution is 7.89. The first kappa shape index (κ1) is 21.3. The molecule has 2 heterocycles. The van der Waals surface area contributed by atoms with Crippen molar-refractivity contribution in [3.8, 4) is 0 Å². The fourth-order valence-electron chi connectivity index (χ4n) is 4.52. The monoisotopic (exact) mass is 435 g/mol. The first-order chi connectivity index (χ1) is 14.4. The van der Waals surface area contributed by atoms with Crippen molar-refractivity contribution in [3.05, 3.63) is 29.8 Å². The van der Waals surface area contributed by atoms with E-state index in [0.29, 0.717) is 45.4 Å².